The first-order valence-corrected chi connectivity index (χ1v) is 2.06. The smallest absolute Gasteiger partial charge is 0.361 e. The van der Waals surface area contributed by atoms with Crippen molar-refractivity contribution in [3.05, 3.63) is 10.1 Å². The summed E-state index contributed by atoms with van der Waals surface area (Å²) in [5, 5.41) is 18.2. The lowest BCUT2D eigenvalue weighted by molar-refractivity contribution is -0.598. The molecule has 0 rings (SSSR count). The zero-order valence-corrected chi connectivity index (χ0v) is 4.70. The number of hydrogen-bond donors (Lipinski definition) is 2. The zero-order valence-electron chi connectivity index (χ0n) is 4.70. The van der Waals surface area contributed by atoms with Crippen molar-refractivity contribution in [1.82, 2.24) is 0 Å². The number of rotatable bonds is 2. The molecule has 0 saturated carbocycles. The summed E-state index contributed by atoms with van der Waals surface area (Å²) in [4.78, 5) is 18.6. The lowest BCUT2D eigenvalue weighted by atomic mass is 10.3. The number of primary amides is 1. The van der Waals surface area contributed by atoms with Gasteiger partial charge in [-0.3, -0.25) is 14.9 Å². The first-order chi connectivity index (χ1) is 3.89. The summed E-state index contributed by atoms with van der Waals surface area (Å²) in [6, 6.07) is 0. The van der Waals surface area contributed by atoms with Gasteiger partial charge in [-0.1, -0.05) is 0 Å². The number of nitro groups is 1. The fraction of sp³-hybridized carbons (Fsp3) is 0.667. The van der Waals surface area contributed by atoms with E-state index in [1.807, 2.05) is 0 Å². The van der Waals surface area contributed by atoms with Gasteiger partial charge in [0.2, 0.25) is 0 Å². The lowest BCUT2D eigenvalue weighted by Gasteiger charge is -2.07. The van der Waals surface area contributed by atoms with Crippen LogP contribution >= 0.6 is 0 Å². The maximum atomic E-state index is 9.99. The number of aliphatic hydroxyl groups is 1. The summed E-state index contributed by atoms with van der Waals surface area (Å²) in [6.07, 6.45) is 0. The second-order valence-corrected chi connectivity index (χ2v) is 1.64. The van der Waals surface area contributed by atoms with E-state index in [9.17, 15) is 14.9 Å². The number of nitrogens with zero attached hydrogens (tertiary/aromatic N) is 1. The minimum atomic E-state index is -2.64. The molecule has 0 aromatic rings. The van der Waals surface area contributed by atoms with E-state index in [-0.39, 0.29) is 0 Å². The van der Waals surface area contributed by atoms with Crippen molar-refractivity contribution in [2.75, 3.05) is 0 Å². The molecule has 9 heavy (non-hydrogen) atoms. The van der Waals surface area contributed by atoms with Crippen LogP contribution < -0.4 is 5.73 Å². The van der Waals surface area contributed by atoms with Crippen molar-refractivity contribution in [3.63, 3.8) is 0 Å². The molecule has 0 aromatic heterocycles. The molecule has 0 aliphatic heterocycles. The standard InChI is InChI=1S/C3H6N2O4/c1-3(7,2(4)6)5(8)9/h7H,1H3,(H2,4,6). The molecular weight excluding hydrogens is 128 g/mol. The Morgan fingerprint density at radius 2 is 2.22 bits per heavy atom. The molecule has 0 heterocycles. The van der Waals surface area contributed by atoms with Gasteiger partial charge in [0.15, 0.2) is 0 Å². The number of carbonyl (C=O) groups excluding carboxylic acids is 1. The van der Waals surface area contributed by atoms with Crippen molar-refractivity contribution in [3.8, 4) is 0 Å². The van der Waals surface area contributed by atoms with E-state index in [0.29, 0.717) is 0 Å². The van der Waals surface area contributed by atoms with Crippen LogP contribution in [-0.2, 0) is 4.79 Å². The van der Waals surface area contributed by atoms with Crippen LogP contribution in [0.4, 0.5) is 0 Å². The molecule has 0 spiro atoms. The lowest BCUT2D eigenvalue weighted by Crippen LogP contribution is -2.47. The van der Waals surface area contributed by atoms with Gasteiger partial charge in [-0.2, -0.15) is 0 Å². The van der Waals surface area contributed by atoms with Crippen molar-refractivity contribution < 1.29 is 14.8 Å². The largest absolute Gasteiger partial charge is 0.398 e. The highest BCUT2D eigenvalue weighted by Crippen LogP contribution is 2.00. The van der Waals surface area contributed by atoms with Crippen LogP contribution in [0.25, 0.3) is 0 Å². The van der Waals surface area contributed by atoms with Gasteiger partial charge in [0.25, 0.3) is 0 Å². The molecule has 0 fully saturated rings. The van der Waals surface area contributed by atoms with Crippen LogP contribution in [0.5, 0.6) is 0 Å². The highest BCUT2D eigenvalue weighted by atomic mass is 16.7. The predicted molar refractivity (Wildman–Crippen MR) is 26.8 cm³/mol. The molecule has 6 nitrogen and oxygen atoms in total. The van der Waals surface area contributed by atoms with Gasteiger partial charge >= 0.3 is 11.6 Å². The first kappa shape index (κ1) is 7.83. The fourth-order valence-electron chi connectivity index (χ4n) is 0.0900. The molecule has 0 aliphatic carbocycles. The Hall–Kier alpha value is -1.17. The minimum Gasteiger partial charge on any atom is -0.361 e. The van der Waals surface area contributed by atoms with Crippen LogP contribution in [0.15, 0.2) is 0 Å². The van der Waals surface area contributed by atoms with Crippen LogP contribution in [0.1, 0.15) is 6.92 Å². The van der Waals surface area contributed by atoms with E-state index < -0.39 is 16.6 Å². The quantitative estimate of drug-likeness (QED) is 0.271. The Morgan fingerprint density at radius 1 is 1.89 bits per heavy atom. The summed E-state index contributed by atoms with van der Waals surface area (Å²) >= 11 is 0. The Morgan fingerprint density at radius 3 is 2.22 bits per heavy atom. The number of nitrogens with two attached hydrogens (primary N) is 1. The summed E-state index contributed by atoms with van der Waals surface area (Å²) in [6.45, 7) is 0.718. The first-order valence-electron chi connectivity index (χ1n) is 2.06. The molecule has 52 valence electrons. The normalized spacial score (nSPS) is 16.2. The van der Waals surface area contributed by atoms with Crippen molar-refractivity contribution >= 4 is 5.91 Å². The van der Waals surface area contributed by atoms with Crippen molar-refractivity contribution in [2.45, 2.75) is 12.6 Å². The molecule has 1 atom stereocenters. The van der Waals surface area contributed by atoms with E-state index in [1.165, 1.54) is 0 Å². The maximum Gasteiger partial charge on any atom is 0.398 e. The maximum absolute atomic E-state index is 9.99. The van der Waals surface area contributed by atoms with Crippen LogP contribution in [0.3, 0.4) is 0 Å². The summed E-state index contributed by atoms with van der Waals surface area (Å²) < 4.78 is 0. The second-order valence-electron chi connectivity index (χ2n) is 1.64. The molecule has 0 bridgehead atoms. The van der Waals surface area contributed by atoms with Crippen molar-refractivity contribution in [2.24, 2.45) is 5.73 Å². The average molecular weight is 134 g/mol. The molecule has 0 aliphatic rings. The van der Waals surface area contributed by atoms with Gasteiger partial charge < -0.3 is 10.8 Å². The van der Waals surface area contributed by atoms with Crippen LogP contribution in [-0.4, -0.2) is 21.7 Å². The highest BCUT2D eigenvalue weighted by Gasteiger charge is 2.41. The summed E-state index contributed by atoms with van der Waals surface area (Å²) in [5.74, 6) is -1.37. The Labute approximate surface area is 50.4 Å². The van der Waals surface area contributed by atoms with Gasteiger partial charge in [0, 0.05) is 6.92 Å². The molecule has 1 unspecified atom stereocenters. The molecule has 6 heteroatoms. The molecule has 0 radical (unpaired) electrons. The van der Waals surface area contributed by atoms with Gasteiger partial charge in [0.05, 0.1) is 4.92 Å². The molecule has 0 saturated heterocycles. The van der Waals surface area contributed by atoms with E-state index in [0.717, 1.165) is 6.92 Å². The monoisotopic (exact) mass is 134 g/mol. The summed E-state index contributed by atoms with van der Waals surface area (Å²) in [5.41, 5.74) is 1.80. The number of carbonyl (C=O) groups is 1. The molecule has 3 N–H and O–H groups in total. The Bertz CT molecular complexity index is 136. The zero-order chi connectivity index (χ0) is 7.65. The van der Waals surface area contributed by atoms with Crippen molar-refractivity contribution in [1.29, 1.82) is 0 Å². The second kappa shape index (κ2) is 1.98. The third-order valence-electron chi connectivity index (χ3n) is 0.822. The van der Waals surface area contributed by atoms with E-state index >= 15 is 0 Å². The number of amides is 1. The van der Waals surface area contributed by atoms with Gasteiger partial charge in [-0.25, -0.2) is 0 Å². The molecule has 1 amide bonds. The van der Waals surface area contributed by atoms with Gasteiger partial charge in [-0.05, 0) is 0 Å². The summed E-state index contributed by atoms with van der Waals surface area (Å²) in [7, 11) is 0. The van der Waals surface area contributed by atoms with Gasteiger partial charge in [-0.15, -0.1) is 0 Å². The van der Waals surface area contributed by atoms with Crippen LogP contribution in [0.2, 0.25) is 0 Å². The highest BCUT2D eigenvalue weighted by molar-refractivity contribution is 5.80. The SMILES string of the molecule is CC(O)(C(N)=O)[N+](=O)[O-]. The third kappa shape index (κ3) is 1.36. The average Bonchev–Trinajstić information content (AvgIpc) is 1.65. The molecule has 0 aromatic carbocycles. The van der Waals surface area contributed by atoms with E-state index in [1.54, 1.807) is 0 Å². The van der Waals surface area contributed by atoms with Crippen LogP contribution in [0, 0.1) is 10.1 Å². The Balaban J connectivity index is 4.38. The van der Waals surface area contributed by atoms with Gasteiger partial charge in [0.1, 0.15) is 0 Å². The number of hydrogen-bond acceptors (Lipinski definition) is 4. The predicted octanol–water partition coefficient (Wildman–Crippen LogP) is -1.54. The topological polar surface area (TPSA) is 106 Å². The minimum absolute atomic E-state index is 0.718. The van der Waals surface area contributed by atoms with E-state index in [2.05, 4.69) is 5.73 Å². The fourth-order valence-corrected chi connectivity index (χ4v) is 0.0900. The third-order valence-corrected chi connectivity index (χ3v) is 0.822. The molecular formula is C3H6N2O4. The Kier molecular flexibility index (Phi) is 1.72. The van der Waals surface area contributed by atoms with E-state index in [4.69, 9.17) is 5.11 Å².